The summed E-state index contributed by atoms with van der Waals surface area (Å²) < 4.78 is 0. The fourth-order valence-electron chi connectivity index (χ4n) is 3.08. The van der Waals surface area contributed by atoms with Crippen molar-refractivity contribution in [1.82, 2.24) is 4.98 Å². The number of Topliss-reactive ketones (excluding diaryl/α,β-unsaturated/α-hetero) is 1. The predicted octanol–water partition coefficient (Wildman–Crippen LogP) is 4.13. The van der Waals surface area contributed by atoms with Crippen LogP contribution in [-0.4, -0.2) is 16.8 Å². The summed E-state index contributed by atoms with van der Waals surface area (Å²) >= 11 is 0. The second-order valence-electron chi connectivity index (χ2n) is 6.64. The number of aryl methyl sites for hydroxylation is 2. The Morgan fingerprint density at radius 1 is 1.30 bits per heavy atom. The maximum Gasteiger partial charge on any atom is 0.155 e. The van der Waals surface area contributed by atoms with Crippen LogP contribution < -0.4 is 5.32 Å². The molecule has 120 valence electrons. The van der Waals surface area contributed by atoms with E-state index in [2.05, 4.69) is 48.4 Å². The van der Waals surface area contributed by atoms with Crippen molar-refractivity contribution in [3.8, 4) is 0 Å². The van der Waals surface area contributed by atoms with E-state index in [1.165, 1.54) is 11.1 Å². The molecule has 0 radical (unpaired) electrons. The fourth-order valence-corrected chi connectivity index (χ4v) is 3.08. The van der Waals surface area contributed by atoms with E-state index >= 15 is 0 Å². The number of nitrogens with one attached hydrogen (secondary N) is 1. The van der Waals surface area contributed by atoms with Gasteiger partial charge >= 0.3 is 0 Å². The summed E-state index contributed by atoms with van der Waals surface area (Å²) in [6.07, 6.45) is 7.00. The number of carbonyl (C=O) groups excluding carboxylic acids is 1. The number of rotatable bonds is 5. The Bertz CT molecular complexity index is 694. The van der Waals surface area contributed by atoms with Gasteiger partial charge in [0.1, 0.15) is 0 Å². The van der Waals surface area contributed by atoms with Crippen LogP contribution in [0, 0.1) is 0 Å². The van der Waals surface area contributed by atoms with E-state index in [1.54, 1.807) is 0 Å². The molecule has 1 N–H and O–H groups in total. The average Bonchev–Trinajstić information content (AvgIpc) is 2.59. The van der Waals surface area contributed by atoms with Gasteiger partial charge < -0.3 is 5.32 Å². The molecule has 0 saturated heterocycles. The standard InChI is InChI=1S/C20H24N2O/c1-14(2)17-11-15(12-21-13-17)7-10-20(23)19-9-8-16-5-3-4-6-18(16)22-19/h3-6,11-14,19,22H,7-10H2,1-2H3. The van der Waals surface area contributed by atoms with Crippen LogP contribution in [-0.2, 0) is 17.6 Å². The first-order valence-electron chi connectivity index (χ1n) is 8.44. The molecule has 1 atom stereocenters. The molecule has 1 aliphatic heterocycles. The van der Waals surface area contributed by atoms with Crippen molar-refractivity contribution in [1.29, 1.82) is 0 Å². The maximum atomic E-state index is 12.5. The normalized spacial score (nSPS) is 16.7. The van der Waals surface area contributed by atoms with Crippen molar-refractivity contribution in [3.63, 3.8) is 0 Å². The average molecular weight is 308 g/mol. The zero-order valence-electron chi connectivity index (χ0n) is 13.9. The molecule has 0 spiro atoms. The highest BCUT2D eigenvalue weighted by Gasteiger charge is 2.23. The van der Waals surface area contributed by atoms with Gasteiger partial charge in [0.2, 0.25) is 0 Å². The molecule has 1 aliphatic rings. The minimum Gasteiger partial charge on any atom is -0.375 e. The summed E-state index contributed by atoms with van der Waals surface area (Å²) in [5.74, 6) is 0.768. The summed E-state index contributed by atoms with van der Waals surface area (Å²) in [5.41, 5.74) is 4.81. The van der Waals surface area contributed by atoms with Crippen LogP contribution in [0.5, 0.6) is 0 Å². The molecule has 23 heavy (non-hydrogen) atoms. The van der Waals surface area contributed by atoms with Gasteiger partial charge in [0, 0.05) is 24.5 Å². The number of hydrogen-bond donors (Lipinski definition) is 1. The quantitative estimate of drug-likeness (QED) is 0.903. The van der Waals surface area contributed by atoms with Gasteiger partial charge in [-0.05, 0) is 47.9 Å². The molecule has 0 amide bonds. The third kappa shape index (κ3) is 3.79. The van der Waals surface area contributed by atoms with Crippen LogP contribution in [0.2, 0.25) is 0 Å². The first kappa shape index (κ1) is 15.7. The Morgan fingerprint density at radius 3 is 2.96 bits per heavy atom. The lowest BCUT2D eigenvalue weighted by molar-refractivity contribution is -0.119. The highest BCUT2D eigenvalue weighted by atomic mass is 16.1. The summed E-state index contributed by atoms with van der Waals surface area (Å²) in [5, 5.41) is 3.40. The van der Waals surface area contributed by atoms with Crippen LogP contribution in [0.15, 0.2) is 42.7 Å². The Hall–Kier alpha value is -2.16. The molecule has 1 unspecified atom stereocenters. The topological polar surface area (TPSA) is 42.0 Å². The first-order chi connectivity index (χ1) is 11.1. The number of carbonyl (C=O) groups is 1. The lowest BCUT2D eigenvalue weighted by Crippen LogP contribution is -2.33. The Balaban J connectivity index is 1.59. The van der Waals surface area contributed by atoms with E-state index in [-0.39, 0.29) is 6.04 Å². The Labute approximate surface area is 138 Å². The smallest absolute Gasteiger partial charge is 0.155 e. The van der Waals surface area contributed by atoms with Crippen LogP contribution in [0.25, 0.3) is 0 Å². The number of anilines is 1. The monoisotopic (exact) mass is 308 g/mol. The number of hydrogen-bond acceptors (Lipinski definition) is 3. The minimum atomic E-state index is -0.0499. The number of nitrogens with zero attached hydrogens (tertiary/aromatic N) is 1. The van der Waals surface area contributed by atoms with Crippen molar-refractivity contribution >= 4 is 11.5 Å². The third-order valence-electron chi connectivity index (χ3n) is 4.58. The molecule has 2 heterocycles. The van der Waals surface area contributed by atoms with Gasteiger partial charge in [0.25, 0.3) is 0 Å². The molecular weight excluding hydrogens is 284 g/mol. The van der Waals surface area contributed by atoms with Gasteiger partial charge in [-0.3, -0.25) is 9.78 Å². The fraction of sp³-hybridized carbons (Fsp3) is 0.400. The molecule has 0 aliphatic carbocycles. The van der Waals surface area contributed by atoms with Crippen LogP contribution >= 0.6 is 0 Å². The lowest BCUT2D eigenvalue weighted by Gasteiger charge is -2.26. The SMILES string of the molecule is CC(C)c1cncc(CCC(=O)C2CCc3ccccc3N2)c1. The minimum absolute atomic E-state index is 0.0499. The van der Waals surface area contributed by atoms with E-state index in [9.17, 15) is 4.79 Å². The van der Waals surface area contributed by atoms with Crippen molar-refractivity contribution < 1.29 is 4.79 Å². The number of para-hydroxylation sites is 1. The molecule has 3 heteroatoms. The van der Waals surface area contributed by atoms with Crippen LogP contribution in [0.1, 0.15) is 49.3 Å². The number of pyridine rings is 1. The third-order valence-corrected chi connectivity index (χ3v) is 4.58. The van der Waals surface area contributed by atoms with Crippen molar-refractivity contribution in [3.05, 3.63) is 59.4 Å². The Kier molecular flexibility index (Phi) is 4.75. The summed E-state index contributed by atoms with van der Waals surface area (Å²) in [6, 6.07) is 10.4. The van der Waals surface area contributed by atoms with Crippen LogP contribution in [0.4, 0.5) is 5.69 Å². The first-order valence-corrected chi connectivity index (χ1v) is 8.44. The second-order valence-corrected chi connectivity index (χ2v) is 6.64. The molecule has 3 nitrogen and oxygen atoms in total. The molecule has 1 aromatic carbocycles. The largest absolute Gasteiger partial charge is 0.375 e. The molecular formula is C20H24N2O. The van der Waals surface area contributed by atoms with Gasteiger partial charge in [0.15, 0.2) is 5.78 Å². The van der Waals surface area contributed by atoms with Gasteiger partial charge in [-0.2, -0.15) is 0 Å². The molecule has 0 saturated carbocycles. The molecule has 2 aromatic rings. The van der Waals surface area contributed by atoms with Crippen molar-refractivity contribution in [2.24, 2.45) is 0 Å². The Morgan fingerprint density at radius 2 is 2.13 bits per heavy atom. The number of ketones is 1. The maximum absolute atomic E-state index is 12.5. The molecule has 0 bridgehead atoms. The molecule has 3 rings (SSSR count). The van der Waals surface area contributed by atoms with E-state index < -0.39 is 0 Å². The van der Waals surface area contributed by atoms with Crippen molar-refractivity contribution in [2.45, 2.75) is 51.5 Å². The van der Waals surface area contributed by atoms with E-state index in [0.717, 1.165) is 30.5 Å². The highest BCUT2D eigenvalue weighted by molar-refractivity contribution is 5.87. The van der Waals surface area contributed by atoms with Crippen molar-refractivity contribution in [2.75, 3.05) is 5.32 Å². The van der Waals surface area contributed by atoms with E-state index in [0.29, 0.717) is 18.1 Å². The number of fused-ring (bicyclic) bond motifs is 1. The lowest BCUT2D eigenvalue weighted by atomic mass is 9.93. The van der Waals surface area contributed by atoms with E-state index in [1.807, 2.05) is 18.5 Å². The van der Waals surface area contributed by atoms with E-state index in [4.69, 9.17) is 0 Å². The highest BCUT2D eigenvalue weighted by Crippen LogP contribution is 2.25. The molecule has 0 fully saturated rings. The van der Waals surface area contributed by atoms with Gasteiger partial charge in [-0.15, -0.1) is 0 Å². The summed E-state index contributed by atoms with van der Waals surface area (Å²) in [6.45, 7) is 4.32. The van der Waals surface area contributed by atoms with Gasteiger partial charge in [-0.25, -0.2) is 0 Å². The summed E-state index contributed by atoms with van der Waals surface area (Å²) in [4.78, 5) is 16.8. The summed E-state index contributed by atoms with van der Waals surface area (Å²) in [7, 11) is 0. The molecule has 1 aromatic heterocycles. The van der Waals surface area contributed by atoms with Gasteiger partial charge in [-0.1, -0.05) is 38.1 Å². The zero-order valence-corrected chi connectivity index (χ0v) is 13.9. The second kappa shape index (κ2) is 6.95. The van der Waals surface area contributed by atoms with Crippen LogP contribution in [0.3, 0.4) is 0 Å². The number of benzene rings is 1. The van der Waals surface area contributed by atoms with Gasteiger partial charge in [0.05, 0.1) is 6.04 Å². The zero-order chi connectivity index (χ0) is 16.2. The number of aromatic nitrogens is 1. The predicted molar refractivity (Wildman–Crippen MR) is 93.8 cm³/mol.